The number of allylic oxidation sites excluding steroid dienone is 1. The number of halogens is 2. The molecule has 0 unspecified atom stereocenters. The number of hydrogen-bond acceptors (Lipinski definition) is 5. The summed E-state index contributed by atoms with van der Waals surface area (Å²) in [5.74, 6) is -1.25. The van der Waals surface area contributed by atoms with E-state index in [-0.39, 0.29) is 16.8 Å². The summed E-state index contributed by atoms with van der Waals surface area (Å²) >= 11 is 0. The molecule has 3 aromatic rings. The van der Waals surface area contributed by atoms with Crippen LogP contribution in [-0.2, 0) is 5.54 Å². The number of nitrogens with one attached hydrogen (secondary N) is 2. The van der Waals surface area contributed by atoms with Crippen LogP contribution in [0.2, 0.25) is 0 Å². The van der Waals surface area contributed by atoms with Gasteiger partial charge in [-0.2, -0.15) is 10.2 Å². The molecule has 2 N–H and O–H groups in total. The molecule has 150 valence electrons. The van der Waals surface area contributed by atoms with Gasteiger partial charge in [0, 0.05) is 30.9 Å². The largest absolute Gasteiger partial charge is 0.310 e. The Kier molecular flexibility index (Phi) is 4.66. The molecule has 2 aromatic heterocycles. The van der Waals surface area contributed by atoms with Crippen molar-refractivity contribution < 1.29 is 8.78 Å². The van der Waals surface area contributed by atoms with Crippen molar-refractivity contribution in [3.05, 3.63) is 53.5 Å². The van der Waals surface area contributed by atoms with Gasteiger partial charge < -0.3 is 5.32 Å². The van der Waals surface area contributed by atoms with Crippen molar-refractivity contribution in [1.82, 2.24) is 25.5 Å². The maximum absolute atomic E-state index is 14.9. The molecule has 1 aliphatic rings. The van der Waals surface area contributed by atoms with Gasteiger partial charge in [-0.25, -0.2) is 8.78 Å². The minimum absolute atomic E-state index is 0.138. The molecule has 8 heteroatoms. The highest BCUT2D eigenvalue weighted by atomic mass is 19.1. The van der Waals surface area contributed by atoms with Crippen molar-refractivity contribution >= 4 is 23.2 Å². The molecular weight excluding hydrogens is 374 g/mol. The summed E-state index contributed by atoms with van der Waals surface area (Å²) in [6.45, 7) is 5.35. The lowest BCUT2D eigenvalue weighted by Crippen LogP contribution is -2.24. The first kappa shape index (κ1) is 19.2. The fraction of sp³-hybridized carbons (Fsp3) is 0.286. The number of nitrogens with zero attached hydrogens (tertiary/aromatic N) is 4. The number of H-pyrrole nitrogens is 1. The van der Waals surface area contributed by atoms with Gasteiger partial charge >= 0.3 is 0 Å². The number of aromatic nitrogens is 3. The van der Waals surface area contributed by atoms with Crippen LogP contribution in [0.5, 0.6) is 0 Å². The Balaban J connectivity index is 1.80. The molecule has 0 aliphatic heterocycles. The van der Waals surface area contributed by atoms with Gasteiger partial charge in [0.15, 0.2) is 0 Å². The van der Waals surface area contributed by atoms with Crippen LogP contribution in [0.3, 0.4) is 0 Å². The molecule has 0 radical (unpaired) electrons. The van der Waals surface area contributed by atoms with Gasteiger partial charge in [0.25, 0.3) is 0 Å². The lowest BCUT2D eigenvalue weighted by Gasteiger charge is -2.16. The summed E-state index contributed by atoms with van der Waals surface area (Å²) in [5.41, 5.74) is 2.55. The number of hydrogen-bond donors (Lipinski definition) is 2. The molecule has 2 heterocycles. The van der Waals surface area contributed by atoms with E-state index in [1.165, 1.54) is 18.3 Å². The average molecular weight is 396 g/mol. The van der Waals surface area contributed by atoms with Crippen molar-refractivity contribution in [2.24, 2.45) is 5.10 Å². The maximum Gasteiger partial charge on any atom is 0.135 e. The smallest absolute Gasteiger partial charge is 0.135 e. The second kappa shape index (κ2) is 7.04. The molecule has 1 fully saturated rings. The zero-order chi connectivity index (χ0) is 20.8. The molecule has 0 saturated heterocycles. The van der Waals surface area contributed by atoms with Crippen molar-refractivity contribution in [2.45, 2.75) is 25.3 Å². The molecular formula is C21H22F2N6. The number of benzene rings is 1. The predicted octanol–water partition coefficient (Wildman–Crippen LogP) is 4.02. The summed E-state index contributed by atoms with van der Waals surface area (Å²) in [5, 5.41) is 16.4. The molecule has 1 aliphatic carbocycles. The van der Waals surface area contributed by atoms with Crippen molar-refractivity contribution in [2.75, 3.05) is 14.1 Å². The van der Waals surface area contributed by atoms with Gasteiger partial charge in [0.2, 0.25) is 0 Å². The quantitative estimate of drug-likeness (QED) is 0.488. The van der Waals surface area contributed by atoms with Gasteiger partial charge in [-0.05, 0) is 56.1 Å². The minimum atomic E-state index is -0.624. The maximum atomic E-state index is 14.9. The van der Waals surface area contributed by atoms with E-state index in [2.05, 4.69) is 32.3 Å². The molecule has 0 bridgehead atoms. The lowest BCUT2D eigenvalue weighted by atomic mass is 9.99. The number of pyridine rings is 1. The third-order valence-electron chi connectivity index (χ3n) is 5.50. The molecule has 0 amide bonds. The van der Waals surface area contributed by atoms with Crippen LogP contribution in [-0.4, -0.2) is 41.0 Å². The third kappa shape index (κ3) is 3.29. The van der Waals surface area contributed by atoms with Crippen LogP contribution in [0.25, 0.3) is 27.7 Å². The SMILES string of the molecule is C=NN(C)/C=C(\C)c1n[nH]c2cnc(-c3c(F)cc(C4(NC)CC4)cc3F)cc12. The number of fused-ring (bicyclic) bond motifs is 1. The van der Waals surface area contributed by atoms with E-state index in [1.807, 2.05) is 14.0 Å². The second-order valence-corrected chi connectivity index (χ2v) is 7.36. The Bertz CT molecular complexity index is 1110. The second-order valence-electron chi connectivity index (χ2n) is 7.36. The standard InChI is InChI=1S/C21H22F2N6/c1-12(11-29(4)25-3)20-14-9-17(26-10-18(14)27-28-20)19-15(22)7-13(8-16(19)23)21(24-2)5-6-21/h7-11,24H,3,5-6H2,1-2,4H3,(H,27,28)/b12-11+. The lowest BCUT2D eigenvalue weighted by molar-refractivity contribution is 0.496. The minimum Gasteiger partial charge on any atom is -0.310 e. The summed E-state index contributed by atoms with van der Waals surface area (Å²) in [4.78, 5) is 4.25. The van der Waals surface area contributed by atoms with Gasteiger partial charge in [0.05, 0.1) is 28.7 Å². The highest BCUT2D eigenvalue weighted by Gasteiger charge is 2.43. The Labute approximate surface area is 167 Å². The van der Waals surface area contributed by atoms with Crippen LogP contribution in [0.1, 0.15) is 31.0 Å². The van der Waals surface area contributed by atoms with Crippen LogP contribution in [0.15, 0.2) is 35.7 Å². The Morgan fingerprint density at radius 3 is 2.59 bits per heavy atom. The topological polar surface area (TPSA) is 69.2 Å². The van der Waals surface area contributed by atoms with Gasteiger partial charge in [-0.3, -0.25) is 15.1 Å². The summed E-state index contributed by atoms with van der Waals surface area (Å²) in [7, 11) is 3.56. The normalized spacial score (nSPS) is 15.6. The van der Waals surface area contributed by atoms with Crippen molar-refractivity contribution in [1.29, 1.82) is 0 Å². The first-order chi connectivity index (χ1) is 13.9. The van der Waals surface area contributed by atoms with Crippen LogP contribution in [0, 0.1) is 11.6 Å². The first-order valence-corrected chi connectivity index (χ1v) is 9.30. The highest BCUT2D eigenvalue weighted by molar-refractivity contribution is 5.91. The van der Waals surface area contributed by atoms with E-state index >= 15 is 0 Å². The van der Waals surface area contributed by atoms with Crippen LogP contribution in [0.4, 0.5) is 8.78 Å². The van der Waals surface area contributed by atoms with E-state index < -0.39 is 11.6 Å². The molecule has 4 rings (SSSR count). The van der Waals surface area contributed by atoms with Gasteiger partial charge in [0.1, 0.15) is 11.6 Å². The van der Waals surface area contributed by atoms with E-state index in [1.54, 1.807) is 24.3 Å². The average Bonchev–Trinajstić information content (AvgIpc) is 3.39. The van der Waals surface area contributed by atoms with Crippen molar-refractivity contribution in [3.63, 3.8) is 0 Å². The Hall–Kier alpha value is -3.13. The van der Waals surface area contributed by atoms with Gasteiger partial charge in [-0.1, -0.05) is 0 Å². The number of aromatic amines is 1. The fourth-order valence-electron chi connectivity index (χ4n) is 3.64. The molecule has 29 heavy (non-hydrogen) atoms. The third-order valence-corrected chi connectivity index (χ3v) is 5.50. The first-order valence-electron chi connectivity index (χ1n) is 9.30. The van der Waals surface area contributed by atoms with Gasteiger partial charge in [-0.15, -0.1) is 0 Å². The number of hydrazone groups is 1. The molecule has 6 nitrogen and oxygen atoms in total. The summed E-state index contributed by atoms with van der Waals surface area (Å²) < 4.78 is 29.9. The molecule has 1 aromatic carbocycles. The monoisotopic (exact) mass is 396 g/mol. The van der Waals surface area contributed by atoms with Crippen LogP contribution >= 0.6 is 0 Å². The molecule has 0 spiro atoms. The van der Waals surface area contributed by atoms with Crippen LogP contribution < -0.4 is 5.32 Å². The molecule has 1 saturated carbocycles. The Morgan fingerprint density at radius 2 is 2.00 bits per heavy atom. The zero-order valence-electron chi connectivity index (χ0n) is 16.6. The number of rotatable bonds is 6. The zero-order valence-corrected chi connectivity index (χ0v) is 16.6. The fourth-order valence-corrected chi connectivity index (χ4v) is 3.64. The van der Waals surface area contributed by atoms with E-state index in [0.717, 1.165) is 23.8 Å². The van der Waals surface area contributed by atoms with E-state index in [4.69, 9.17) is 0 Å². The van der Waals surface area contributed by atoms with Crippen molar-refractivity contribution in [3.8, 4) is 11.3 Å². The Morgan fingerprint density at radius 1 is 1.31 bits per heavy atom. The van der Waals surface area contributed by atoms with E-state index in [9.17, 15) is 8.78 Å². The predicted molar refractivity (Wildman–Crippen MR) is 110 cm³/mol. The summed E-state index contributed by atoms with van der Waals surface area (Å²) in [6, 6.07) is 4.46. The summed E-state index contributed by atoms with van der Waals surface area (Å²) in [6.07, 6.45) is 5.03. The molecule has 0 atom stereocenters. The van der Waals surface area contributed by atoms with E-state index in [0.29, 0.717) is 16.8 Å². The highest BCUT2D eigenvalue weighted by Crippen LogP contribution is 2.46.